The zero-order chi connectivity index (χ0) is 10.0. The molecule has 0 saturated carbocycles. The Balaban J connectivity index is 3.04. The molecule has 0 aromatic heterocycles. The van der Waals surface area contributed by atoms with Gasteiger partial charge in [-0.1, -0.05) is 22.0 Å². The Hall–Kier alpha value is 0.580. The minimum atomic E-state index is -0.121. The van der Waals surface area contributed by atoms with Gasteiger partial charge in [-0.25, -0.2) is 0 Å². The number of halogens is 3. The first-order valence-electron chi connectivity index (χ1n) is 3.65. The average molecular weight is 418 g/mol. The van der Waals surface area contributed by atoms with Gasteiger partial charge in [0.2, 0.25) is 0 Å². The number of carbonyl (C=O) groups excluding carboxylic acids is 1. The Morgan fingerprint density at radius 1 is 1.54 bits per heavy atom. The van der Waals surface area contributed by atoms with E-state index in [1.807, 2.05) is 25.1 Å². The van der Waals surface area contributed by atoms with E-state index in [0.717, 1.165) is 13.6 Å². The minimum absolute atomic E-state index is 0.116. The summed E-state index contributed by atoms with van der Waals surface area (Å²) < 4.78 is 2.07. The van der Waals surface area contributed by atoms with Gasteiger partial charge in [-0.05, 0) is 57.6 Å². The molecule has 1 aromatic carbocycles. The Labute approximate surface area is 108 Å². The number of benzene rings is 1. The summed E-state index contributed by atoms with van der Waals surface area (Å²) in [6, 6.07) is 5.60. The van der Waals surface area contributed by atoms with Crippen molar-refractivity contribution in [2.45, 2.75) is 11.8 Å². The molecule has 0 N–H and O–H groups in total. The van der Waals surface area contributed by atoms with Crippen LogP contribution in [0.5, 0.6) is 0 Å². The lowest BCUT2D eigenvalue weighted by Gasteiger charge is -2.03. The van der Waals surface area contributed by atoms with E-state index in [1.165, 1.54) is 0 Å². The van der Waals surface area contributed by atoms with E-state index in [1.54, 1.807) is 0 Å². The molecule has 0 aliphatic rings. The van der Waals surface area contributed by atoms with Crippen LogP contribution < -0.4 is 0 Å². The first-order valence-corrected chi connectivity index (χ1v) is 6.44. The predicted molar refractivity (Wildman–Crippen MR) is 69.6 cm³/mol. The zero-order valence-corrected chi connectivity index (χ0v) is 12.2. The molecule has 0 aliphatic heterocycles. The highest BCUT2D eigenvalue weighted by Crippen LogP contribution is 2.21. The average Bonchev–Trinajstić information content (AvgIpc) is 2.08. The van der Waals surface area contributed by atoms with Gasteiger partial charge in [-0.3, -0.25) is 4.79 Å². The third kappa shape index (κ3) is 3.02. The fourth-order valence-corrected chi connectivity index (χ4v) is 1.91. The fourth-order valence-electron chi connectivity index (χ4n) is 0.879. The molecule has 0 heterocycles. The van der Waals surface area contributed by atoms with E-state index in [0.29, 0.717) is 0 Å². The van der Waals surface area contributed by atoms with Crippen molar-refractivity contribution in [3.8, 4) is 0 Å². The molecule has 4 heteroatoms. The SMILES string of the molecule is CC(Br)C(=O)c1ccc(Br)c(I)c1. The predicted octanol–water partition coefficient (Wildman–Crippen LogP) is 4.02. The summed E-state index contributed by atoms with van der Waals surface area (Å²) in [7, 11) is 0. The molecule has 1 atom stereocenters. The van der Waals surface area contributed by atoms with Crippen LogP contribution in [0.1, 0.15) is 17.3 Å². The Kier molecular flexibility index (Phi) is 4.38. The van der Waals surface area contributed by atoms with E-state index in [4.69, 9.17) is 0 Å². The molecule has 0 saturated heterocycles. The van der Waals surface area contributed by atoms with E-state index < -0.39 is 0 Å². The zero-order valence-electron chi connectivity index (χ0n) is 6.85. The molecular formula is C9H7Br2IO. The number of carbonyl (C=O) groups is 1. The van der Waals surface area contributed by atoms with Gasteiger partial charge in [0.1, 0.15) is 0 Å². The van der Waals surface area contributed by atoms with Crippen LogP contribution in [0.2, 0.25) is 0 Å². The van der Waals surface area contributed by atoms with Crippen LogP contribution in [0, 0.1) is 3.57 Å². The first kappa shape index (κ1) is 11.7. The monoisotopic (exact) mass is 416 g/mol. The first-order chi connectivity index (χ1) is 6.02. The lowest BCUT2D eigenvalue weighted by Crippen LogP contribution is -2.09. The molecule has 0 spiro atoms. The number of Topliss-reactive ketones (excluding diaryl/α,β-unsaturated/α-hetero) is 1. The maximum atomic E-state index is 11.5. The second kappa shape index (κ2) is 4.89. The van der Waals surface area contributed by atoms with Gasteiger partial charge in [0.05, 0.1) is 4.83 Å². The molecule has 0 fully saturated rings. The molecule has 1 aromatic rings. The van der Waals surface area contributed by atoms with Gasteiger partial charge in [0, 0.05) is 13.6 Å². The quantitative estimate of drug-likeness (QED) is 0.403. The standard InChI is InChI=1S/C9H7Br2IO/c1-5(10)9(13)6-2-3-7(11)8(12)4-6/h2-5H,1H3. The molecule has 1 rings (SSSR count). The maximum Gasteiger partial charge on any atom is 0.176 e. The van der Waals surface area contributed by atoms with Gasteiger partial charge in [0.15, 0.2) is 5.78 Å². The van der Waals surface area contributed by atoms with Gasteiger partial charge >= 0.3 is 0 Å². The van der Waals surface area contributed by atoms with Crippen molar-refractivity contribution in [1.29, 1.82) is 0 Å². The molecule has 70 valence electrons. The summed E-state index contributed by atoms with van der Waals surface area (Å²) in [5.41, 5.74) is 0.747. The Morgan fingerprint density at radius 3 is 2.62 bits per heavy atom. The van der Waals surface area contributed by atoms with Crippen molar-refractivity contribution >= 4 is 60.2 Å². The highest BCUT2D eigenvalue weighted by Gasteiger charge is 2.12. The second-order valence-corrected chi connectivity index (χ2v) is 6.00. The van der Waals surface area contributed by atoms with Crippen LogP contribution in [0.4, 0.5) is 0 Å². The lowest BCUT2D eigenvalue weighted by atomic mass is 10.1. The van der Waals surface area contributed by atoms with Crippen molar-refractivity contribution in [2.75, 3.05) is 0 Å². The van der Waals surface area contributed by atoms with Gasteiger partial charge in [-0.2, -0.15) is 0 Å². The van der Waals surface area contributed by atoms with Crippen LogP contribution in [-0.4, -0.2) is 10.6 Å². The van der Waals surface area contributed by atoms with Crippen LogP contribution >= 0.6 is 54.5 Å². The fraction of sp³-hybridized carbons (Fsp3) is 0.222. The van der Waals surface area contributed by atoms with E-state index in [2.05, 4.69) is 54.5 Å². The normalized spacial score (nSPS) is 12.6. The van der Waals surface area contributed by atoms with Crippen molar-refractivity contribution in [3.05, 3.63) is 31.8 Å². The van der Waals surface area contributed by atoms with Crippen molar-refractivity contribution < 1.29 is 4.79 Å². The molecule has 0 bridgehead atoms. The summed E-state index contributed by atoms with van der Waals surface area (Å²) in [6.07, 6.45) is 0. The third-order valence-corrected chi connectivity index (χ3v) is 4.31. The van der Waals surface area contributed by atoms with Crippen molar-refractivity contribution in [3.63, 3.8) is 0 Å². The summed E-state index contributed by atoms with van der Waals surface area (Å²) in [4.78, 5) is 11.4. The summed E-state index contributed by atoms with van der Waals surface area (Å²) in [5.74, 6) is 0.116. The van der Waals surface area contributed by atoms with Crippen LogP contribution in [-0.2, 0) is 0 Å². The molecule has 1 unspecified atom stereocenters. The third-order valence-electron chi connectivity index (χ3n) is 1.57. The summed E-state index contributed by atoms with van der Waals surface area (Å²) >= 11 is 8.83. The van der Waals surface area contributed by atoms with Crippen LogP contribution in [0.3, 0.4) is 0 Å². The number of rotatable bonds is 2. The highest BCUT2D eigenvalue weighted by atomic mass is 127. The summed E-state index contributed by atoms with van der Waals surface area (Å²) in [6.45, 7) is 1.83. The molecule has 1 nitrogen and oxygen atoms in total. The number of ketones is 1. The van der Waals surface area contributed by atoms with E-state index >= 15 is 0 Å². The second-order valence-electron chi connectivity index (χ2n) is 2.61. The molecule has 0 aliphatic carbocycles. The van der Waals surface area contributed by atoms with E-state index in [9.17, 15) is 4.79 Å². The summed E-state index contributed by atoms with van der Waals surface area (Å²) in [5, 5.41) is 0. The molecular weight excluding hydrogens is 411 g/mol. The van der Waals surface area contributed by atoms with Gasteiger partial charge in [0.25, 0.3) is 0 Å². The van der Waals surface area contributed by atoms with E-state index in [-0.39, 0.29) is 10.6 Å². The lowest BCUT2D eigenvalue weighted by molar-refractivity contribution is 0.0996. The van der Waals surface area contributed by atoms with Crippen molar-refractivity contribution in [1.82, 2.24) is 0 Å². The smallest absolute Gasteiger partial charge is 0.176 e. The molecule has 13 heavy (non-hydrogen) atoms. The van der Waals surface area contributed by atoms with Crippen LogP contribution in [0.15, 0.2) is 22.7 Å². The highest BCUT2D eigenvalue weighted by molar-refractivity contribution is 14.1. The van der Waals surface area contributed by atoms with Crippen LogP contribution in [0.25, 0.3) is 0 Å². The molecule has 0 radical (unpaired) electrons. The van der Waals surface area contributed by atoms with Gasteiger partial charge < -0.3 is 0 Å². The van der Waals surface area contributed by atoms with Crippen molar-refractivity contribution in [2.24, 2.45) is 0 Å². The molecule has 0 amide bonds. The Bertz CT molecular complexity index is 336. The number of hydrogen-bond acceptors (Lipinski definition) is 1. The number of alkyl halides is 1. The number of hydrogen-bond donors (Lipinski definition) is 0. The Morgan fingerprint density at radius 2 is 2.15 bits per heavy atom. The van der Waals surface area contributed by atoms with Gasteiger partial charge in [-0.15, -0.1) is 0 Å². The topological polar surface area (TPSA) is 17.1 Å². The minimum Gasteiger partial charge on any atom is -0.293 e. The largest absolute Gasteiger partial charge is 0.293 e. The maximum absolute atomic E-state index is 11.5.